The molecule has 0 saturated carbocycles. The molecule has 0 aliphatic carbocycles. The Morgan fingerprint density at radius 2 is 2.11 bits per heavy atom. The standard InChI is InChI=1S/C14H12BrCl2N/c1-9-2-3-12(15)11(6-9)13(16)7-10-4-5-18-8-14(10)17/h2-6,8,13H,7H2,1H3. The molecule has 2 rings (SSSR count). The minimum absolute atomic E-state index is 0.112. The van der Waals surface area contributed by atoms with Gasteiger partial charge in [0.05, 0.1) is 10.4 Å². The molecular weight excluding hydrogens is 333 g/mol. The summed E-state index contributed by atoms with van der Waals surface area (Å²) in [5, 5.41) is 0.547. The molecular formula is C14H12BrCl2N. The number of hydrogen-bond donors (Lipinski definition) is 0. The van der Waals surface area contributed by atoms with Gasteiger partial charge in [-0.25, -0.2) is 0 Å². The van der Waals surface area contributed by atoms with Crippen LogP contribution in [0.3, 0.4) is 0 Å². The maximum Gasteiger partial charge on any atom is 0.0637 e. The van der Waals surface area contributed by atoms with Gasteiger partial charge in [-0.3, -0.25) is 4.98 Å². The number of aryl methyl sites for hydroxylation is 1. The first-order chi connectivity index (χ1) is 8.58. The van der Waals surface area contributed by atoms with Gasteiger partial charge < -0.3 is 0 Å². The predicted octanol–water partition coefficient (Wildman–Crippen LogP) is 5.33. The van der Waals surface area contributed by atoms with Crippen LogP contribution in [-0.4, -0.2) is 4.98 Å². The highest BCUT2D eigenvalue weighted by atomic mass is 79.9. The number of halogens is 3. The number of alkyl halides is 1. The first-order valence-corrected chi connectivity index (χ1v) is 7.17. The number of rotatable bonds is 3. The number of aromatic nitrogens is 1. The molecule has 0 aliphatic heterocycles. The van der Waals surface area contributed by atoms with Crippen LogP contribution < -0.4 is 0 Å². The number of nitrogens with zero attached hydrogens (tertiary/aromatic N) is 1. The van der Waals surface area contributed by atoms with Crippen molar-refractivity contribution in [3.63, 3.8) is 0 Å². The van der Waals surface area contributed by atoms with E-state index in [1.807, 2.05) is 12.1 Å². The van der Waals surface area contributed by atoms with Gasteiger partial charge in [-0.2, -0.15) is 0 Å². The smallest absolute Gasteiger partial charge is 0.0637 e. The van der Waals surface area contributed by atoms with E-state index < -0.39 is 0 Å². The predicted molar refractivity (Wildman–Crippen MR) is 80.4 cm³/mol. The summed E-state index contributed by atoms with van der Waals surface area (Å²) in [5.41, 5.74) is 3.30. The van der Waals surface area contributed by atoms with Gasteiger partial charge in [-0.1, -0.05) is 45.2 Å². The van der Waals surface area contributed by atoms with Crippen LogP contribution in [0.15, 0.2) is 41.1 Å². The fourth-order valence-corrected chi connectivity index (χ4v) is 2.97. The van der Waals surface area contributed by atoms with Crippen molar-refractivity contribution in [2.75, 3.05) is 0 Å². The van der Waals surface area contributed by atoms with E-state index in [1.54, 1.807) is 12.4 Å². The summed E-state index contributed by atoms with van der Waals surface area (Å²) in [6.07, 6.45) is 4.06. The van der Waals surface area contributed by atoms with Gasteiger partial charge in [0, 0.05) is 16.9 Å². The van der Waals surface area contributed by atoms with Crippen LogP contribution >= 0.6 is 39.1 Å². The summed E-state index contributed by atoms with van der Waals surface area (Å²) in [4.78, 5) is 3.97. The molecule has 1 nitrogen and oxygen atoms in total. The number of hydrogen-bond acceptors (Lipinski definition) is 1. The van der Waals surface area contributed by atoms with E-state index in [2.05, 4.69) is 40.0 Å². The average Bonchev–Trinajstić information content (AvgIpc) is 2.35. The van der Waals surface area contributed by atoms with Crippen molar-refractivity contribution in [3.05, 3.63) is 62.8 Å². The second-order valence-electron chi connectivity index (χ2n) is 4.16. The Morgan fingerprint density at radius 3 is 2.83 bits per heavy atom. The molecule has 0 fully saturated rings. The molecule has 4 heteroatoms. The summed E-state index contributed by atoms with van der Waals surface area (Å²) in [6.45, 7) is 2.05. The van der Waals surface area contributed by atoms with Crippen molar-refractivity contribution in [1.29, 1.82) is 0 Å². The van der Waals surface area contributed by atoms with Crippen molar-refractivity contribution in [2.24, 2.45) is 0 Å². The number of pyridine rings is 1. The lowest BCUT2D eigenvalue weighted by atomic mass is 10.0. The molecule has 1 aromatic carbocycles. The van der Waals surface area contributed by atoms with E-state index >= 15 is 0 Å². The highest BCUT2D eigenvalue weighted by Gasteiger charge is 2.14. The van der Waals surface area contributed by atoms with Crippen molar-refractivity contribution in [3.8, 4) is 0 Å². The maximum absolute atomic E-state index is 6.48. The quantitative estimate of drug-likeness (QED) is 0.686. The van der Waals surface area contributed by atoms with E-state index in [9.17, 15) is 0 Å². The van der Waals surface area contributed by atoms with Crippen LogP contribution in [0.4, 0.5) is 0 Å². The molecule has 1 aromatic heterocycles. The average molecular weight is 345 g/mol. The Hall–Kier alpha value is -0.570. The largest absolute Gasteiger partial charge is 0.263 e. The van der Waals surface area contributed by atoms with E-state index in [0.717, 1.165) is 15.6 Å². The Bertz CT molecular complexity index is 557. The number of benzene rings is 1. The van der Waals surface area contributed by atoms with Gasteiger partial charge in [0.2, 0.25) is 0 Å². The van der Waals surface area contributed by atoms with Gasteiger partial charge in [-0.05, 0) is 36.6 Å². The van der Waals surface area contributed by atoms with Gasteiger partial charge in [0.15, 0.2) is 0 Å². The molecule has 2 aromatic rings. The molecule has 1 heterocycles. The zero-order valence-electron chi connectivity index (χ0n) is 9.83. The van der Waals surface area contributed by atoms with Crippen molar-refractivity contribution < 1.29 is 0 Å². The lowest BCUT2D eigenvalue weighted by Crippen LogP contribution is -1.98. The highest BCUT2D eigenvalue weighted by molar-refractivity contribution is 9.10. The van der Waals surface area contributed by atoms with Crippen molar-refractivity contribution in [2.45, 2.75) is 18.7 Å². The molecule has 0 radical (unpaired) electrons. The minimum atomic E-state index is -0.112. The third-order valence-electron chi connectivity index (χ3n) is 2.74. The summed E-state index contributed by atoms with van der Waals surface area (Å²) in [5.74, 6) is 0. The third-order valence-corrected chi connectivity index (χ3v) is 4.20. The first kappa shape index (κ1) is 13.9. The fourth-order valence-electron chi connectivity index (χ4n) is 1.78. The monoisotopic (exact) mass is 343 g/mol. The van der Waals surface area contributed by atoms with E-state index in [0.29, 0.717) is 11.4 Å². The summed E-state index contributed by atoms with van der Waals surface area (Å²) < 4.78 is 1.03. The Balaban J connectivity index is 2.25. The summed E-state index contributed by atoms with van der Waals surface area (Å²) in [7, 11) is 0. The van der Waals surface area contributed by atoms with Crippen molar-refractivity contribution in [1.82, 2.24) is 4.98 Å². The molecule has 0 spiro atoms. The molecule has 0 aliphatic rings. The van der Waals surface area contributed by atoms with Gasteiger partial charge in [0.25, 0.3) is 0 Å². The van der Waals surface area contributed by atoms with Crippen LogP contribution in [0.25, 0.3) is 0 Å². The zero-order chi connectivity index (χ0) is 13.1. The van der Waals surface area contributed by atoms with Crippen molar-refractivity contribution >= 4 is 39.1 Å². The maximum atomic E-state index is 6.48. The Kier molecular flexibility index (Phi) is 4.66. The second kappa shape index (κ2) is 6.05. The Morgan fingerprint density at radius 1 is 1.33 bits per heavy atom. The topological polar surface area (TPSA) is 12.9 Å². The van der Waals surface area contributed by atoms with E-state index in [1.165, 1.54) is 5.56 Å². The van der Waals surface area contributed by atoms with Gasteiger partial charge in [0.1, 0.15) is 0 Å². The van der Waals surface area contributed by atoms with Gasteiger partial charge >= 0.3 is 0 Å². The Labute approximate surface area is 125 Å². The molecule has 18 heavy (non-hydrogen) atoms. The lowest BCUT2D eigenvalue weighted by Gasteiger charge is -2.13. The van der Waals surface area contributed by atoms with Crippen LogP contribution in [0, 0.1) is 6.92 Å². The van der Waals surface area contributed by atoms with Gasteiger partial charge in [-0.15, -0.1) is 11.6 Å². The summed E-state index contributed by atoms with van der Waals surface area (Å²) >= 11 is 16.1. The second-order valence-corrected chi connectivity index (χ2v) is 5.95. The molecule has 0 N–H and O–H groups in total. The van der Waals surface area contributed by atoms with E-state index in [-0.39, 0.29) is 5.38 Å². The molecule has 1 unspecified atom stereocenters. The molecule has 94 valence electrons. The molecule has 0 amide bonds. The van der Waals surface area contributed by atoms with Crippen LogP contribution in [0.5, 0.6) is 0 Å². The van der Waals surface area contributed by atoms with Crippen LogP contribution in [0.2, 0.25) is 5.02 Å². The molecule has 0 bridgehead atoms. The molecule has 1 atom stereocenters. The SMILES string of the molecule is Cc1ccc(Br)c(C(Cl)Cc2ccncc2Cl)c1. The third kappa shape index (κ3) is 3.25. The molecule has 0 saturated heterocycles. The highest BCUT2D eigenvalue weighted by Crippen LogP contribution is 2.33. The fraction of sp³-hybridized carbons (Fsp3) is 0.214. The lowest BCUT2D eigenvalue weighted by molar-refractivity contribution is 0.909. The normalized spacial score (nSPS) is 12.4. The van der Waals surface area contributed by atoms with Crippen LogP contribution in [-0.2, 0) is 6.42 Å². The first-order valence-electron chi connectivity index (χ1n) is 5.56. The zero-order valence-corrected chi connectivity index (χ0v) is 12.9. The van der Waals surface area contributed by atoms with E-state index in [4.69, 9.17) is 23.2 Å². The van der Waals surface area contributed by atoms with Crippen LogP contribution in [0.1, 0.15) is 22.1 Å². The summed E-state index contributed by atoms with van der Waals surface area (Å²) in [6, 6.07) is 8.07. The minimum Gasteiger partial charge on any atom is -0.263 e.